The van der Waals surface area contributed by atoms with E-state index < -0.39 is 0 Å². The van der Waals surface area contributed by atoms with E-state index in [9.17, 15) is 4.79 Å². The van der Waals surface area contributed by atoms with Crippen molar-refractivity contribution in [1.82, 2.24) is 0 Å². The second kappa shape index (κ2) is 4.38. The van der Waals surface area contributed by atoms with Crippen molar-refractivity contribution in [3.8, 4) is 0 Å². The first kappa shape index (κ1) is 10.9. The Bertz CT molecular complexity index is 330. The van der Waals surface area contributed by atoms with Crippen LogP contribution < -0.4 is 0 Å². The molecule has 0 unspecified atom stereocenters. The highest BCUT2D eigenvalue weighted by Gasteiger charge is 2.11. The van der Waals surface area contributed by atoms with Gasteiger partial charge in [0.2, 0.25) is 0 Å². The number of ether oxygens (including phenoxy) is 1. The number of hydrogen-bond acceptors (Lipinski definition) is 2. The van der Waals surface area contributed by atoms with Crippen molar-refractivity contribution in [2.24, 2.45) is 0 Å². The van der Waals surface area contributed by atoms with E-state index in [4.69, 9.17) is 4.74 Å². The lowest BCUT2D eigenvalue weighted by Crippen LogP contribution is -2.11. The van der Waals surface area contributed by atoms with E-state index >= 15 is 0 Å². The van der Waals surface area contributed by atoms with Gasteiger partial charge in [-0.3, -0.25) is 4.79 Å². The maximum Gasteiger partial charge on any atom is 0.188 e. The lowest BCUT2D eigenvalue weighted by atomic mass is 9.97. The molecule has 0 aliphatic carbocycles. The molecule has 0 spiro atoms. The number of carbonyl (C=O) groups is 1. The summed E-state index contributed by atoms with van der Waals surface area (Å²) in [5.41, 5.74) is 4.06. The molecule has 0 radical (unpaired) electrons. The molecule has 76 valence electrons. The van der Waals surface area contributed by atoms with Gasteiger partial charge in [0.15, 0.2) is 5.78 Å². The largest absolute Gasteiger partial charge is 0.377 e. The fourth-order valence-corrected chi connectivity index (χ4v) is 1.82. The molecule has 2 nitrogen and oxygen atoms in total. The first-order valence-corrected chi connectivity index (χ1v) is 4.66. The third kappa shape index (κ3) is 2.20. The first-order chi connectivity index (χ1) is 6.56. The molecule has 1 aromatic carbocycles. The van der Waals surface area contributed by atoms with Crippen LogP contribution in [0.4, 0.5) is 0 Å². The first-order valence-electron chi connectivity index (χ1n) is 4.66. The van der Waals surface area contributed by atoms with Crippen LogP contribution >= 0.6 is 0 Å². The zero-order valence-corrected chi connectivity index (χ0v) is 9.18. The molecule has 0 aromatic heterocycles. The number of ketones is 1. The van der Waals surface area contributed by atoms with Gasteiger partial charge in [-0.25, -0.2) is 0 Å². The molecule has 0 heterocycles. The normalized spacial score (nSPS) is 10.3. The molecule has 0 bridgehead atoms. The molecule has 0 aliphatic rings. The predicted molar refractivity (Wildman–Crippen MR) is 56.9 cm³/mol. The Balaban J connectivity index is 3.14. The summed E-state index contributed by atoms with van der Waals surface area (Å²) in [6.45, 7) is 6.11. The van der Waals surface area contributed by atoms with Crippen molar-refractivity contribution in [3.05, 3.63) is 34.4 Å². The van der Waals surface area contributed by atoms with E-state index in [0.29, 0.717) is 0 Å². The number of benzene rings is 1. The summed E-state index contributed by atoms with van der Waals surface area (Å²) in [4.78, 5) is 11.7. The Morgan fingerprint density at radius 1 is 1.21 bits per heavy atom. The van der Waals surface area contributed by atoms with Crippen molar-refractivity contribution >= 4 is 5.78 Å². The molecular formula is C12H16O2. The molecule has 0 fully saturated rings. The second-order valence-electron chi connectivity index (χ2n) is 3.63. The van der Waals surface area contributed by atoms with Gasteiger partial charge in [0, 0.05) is 12.7 Å². The SMILES string of the molecule is COCC(=O)c1c(C)cc(C)cc1C. The van der Waals surface area contributed by atoms with Crippen LogP contribution in [0.3, 0.4) is 0 Å². The van der Waals surface area contributed by atoms with Crippen LogP contribution in [0.15, 0.2) is 12.1 Å². The fraction of sp³-hybridized carbons (Fsp3) is 0.417. The van der Waals surface area contributed by atoms with Gasteiger partial charge in [0.25, 0.3) is 0 Å². The standard InChI is InChI=1S/C12H16O2/c1-8-5-9(2)12(10(3)6-8)11(13)7-14-4/h5-6H,7H2,1-4H3. The zero-order chi connectivity index (χ0) is 10.7. The highest BCUT2D eigenvalue weighted by atomic mass is 16.5. The number of methoxy groups -OCH3 is 1. The summed E-state index contributed by atoms with van der Waals surface area (Å²) < 4.78 is 4.85. The van der Waals surface area contributed by atoms with Gasteiger partial charge in [0.05, 0.1) is 0 Å². The van der Waals surface area contributed by atoms with Crippen LogP contribution in [-0.2, 0) is 4.74 Å². The van der Waals surface area contributed by atoms with Gasteiger partial charge < -0.3 is 4.74 Å². The molecule has 0 N–H and O–H groups in total. The molecule has 0 aliphatic heterocycles. The summed E-state index contributed by atoms with van der Waals surface area (Å²) >= 11 is 0. The van der Waals surface area contributed by atoms with E-state index in [1.807, 2.05) is 32.9 Å². The summed E-state index contributed by atoms with van der Waals surface area (Å²) in [6.07, 6.45) is 0. The zero-order valence-electron chi connectivity index (χ0n) is 9.18. The Kier molecular flexibility index (Phi) is 3.42. The van der Waals surface area contributed by atoms with Crippen LogP contribution in [0.2, 0.25) is 0 Å². The molecule has 2 heteroatoms. The van der Waals surface area contributed by atoms with E-state index in [2.05, 4.69) is 0 Å². The van der Waals surface area contributed by atoms with Gasteiger partial charge >= 0.3 is 0 Å². The molecule has 0 amide bonds. The Labute approximate surface area is 84.9 Å². The third-order valence-electron chi connectivity index (χ3n) is 2.23. The molecule has 0 saturated heterocycles. The lowest BCUT2D eigenvalue weighted by molar-refractivity contribution is 0.0847. The quantitative estimate of drug-likeness (QED) is 0.687. The number of rotatable bonds is 3. The van der Waals surface area contributed by atoms with Crippen LogP contribution in [0, 0.1) is 20.8 Å². The number of Topliss-reactive ketones (excluding diaryl/α,β-unsaturated/α-hetero) is 1. The third-order valence-corrected chi connectivity index (χ3v) is 2.23. The average Bonchev–Trinajstić information content (AvgIpc) is 2.01. The topological polar surface area (TPSA) is 26.3 Å². The van der Waals surface area contributed by atoms with E-state index in [1.165, 1.54) is 12.7 Å². The molecule has 1 rings (SSSR count). The highest BCUT2D eigenvalue weighted by molar-refractivity contribution is 5.99. The van der Waals surface area contributed by atoms with Crippen LogP contribution in [0.1, 0.15) is 27.0 Å². The predicted octanol–water partition coefficient (Wildman–Crippen LogP) is 2.44. The fourth-order valence-electron chi connectivity index (χ4n) is 1.82. The Hall–Kier alpha value is -1.15. The summed E-state index contributed by atoms with van der Waals surface area (Å²) in [5, 5.41) is 0. The minimum atomic E-state index is 0.0579. The number of aryl methyl sites for hydroxylation is 3. The van der Waals surface area contributed by atoms with Gasteiger partial charge in [-0.15, -0.1) is 0 Å². The molecule has 1 aromatic rings. The minimum Gasteiger partial charge on any atom is -0.377 e. The summed E-state index contributed by atoms with van der Waals surface area (Å²) in [7, 11) is 1.54. The van der Waals surface area contributed by atoms with Crippen LogP contribution in [0.5, 0.6) is 0 Å². The Morgan fingerprint density at radius 2 is 1.71 bits per heavy atom. The van der Waals surface area contributed by atoms with Gasteiger partial charge in [-0.1, -0.05) is 17.7 Å². The molecule has 0 atom stereocenters. The van der Waals surface area contributed by atoms with Gasteiger partial charge in [-0.05, 0) is 31.9 Å². The maximum atomic E-state index is 11.7. The van der Waals surface area contributed by atoms with E-state index in [-0.39, 0.29) is 12.4 Å². The summed E-state index contributed by atoms with van der Waals surface area (Å²) in [5.74, 6) is 0.0579. The number of carbonyl (C=O) groups excluding carboxylic acids is 1. The van der Waals surface area contributed by atoms with Crippen molar-refractivity contribution in [2.75, 3.05) is 13.7 Å². The second-order valence-corrected chi connectivity index (χ2v) is 3.63. The molecular weight excluding hydrogens is 176 g/mol. The average molecular weight is 192 g/mol. The Morgan fingerprint density at radius 3 is 2.14 bits per heavy atom. The van der Waals surface area contributed by atoms with Crippen molar-refractivity contribution < 1.29 is 9.53 Å². The van der Waals surface area contributed by atoms with Gasteiger partial charge in [-0.2, -0.15) is 0 Å². The van der Waals surface area contributed by atoms with Crippen molar-refractivity contribution in [3.63, 3.8) is 0 Å². The maximum absolute atomic E-state index is 11.7. The highest BCUT2D eigenvalue weighted by Crippen LogP contribution is 2.16. The smallest absolute Gasteiger partial charge is 0.188 e. The summed E-state index contributed by atoms with van der Waals surface area (Å²) in [6, 6.07) is 4.05. The van der Waals surface area contributed by atoms with Gasteiger partial charge in [0.1, 0.15) is 6.61 Å². The van der Waals surface area contributed by atoms with Crippen molar-refractivity contribution in [2.45, 2.75) is 20.8 Å². The molecule has 14 heavy (non-hydrogen) atoms. The van der Waals surface area contributed by atoms with E-state index in [1.54, 1.807) is 0 Å². The van der Waals surface area contributed by atoms with Crippen LogP contribution in [0.25, 0.3) is 0 Å². The van der Waals surface area contributed by atoms with E-state index in [0.717, 1.165) is 16.7 Å². The number of hydrogen-bond donors (Lipinski definition) is 0. The monoisotopic (exact) mass is 192 g/mol. The van der Waals surface area contributed by atoms with Crippen molar-refractivity contribution in [1.29, 1.82) is 0 Å². The van der Waals surface area contributed by atoms with Crippen LogP contribution in [-0.4, -0.2) is 19.5 Å². The lowest BCUT2D eigenvalue weighted by Gasteiger charge is -2.09. The molecule has 0 saturated carbocycles. The minimum absolute atomic E-state index is 0.0579.